The Bertz CT molecular complexity index is 1350. The highest BCUT2D eigenvalue weighted by Gasteiger charge is 2.25. The molecule has 0 spiro atoms. The lowest BCUT2D eigenvalue weighted by Gasteiger charge is -2.22. The van der Waals surface area contributed by atoms with Crippen LogP contribution < -0.4 is 10.2 Å². The number of carbonyl (C=O) groups is 2. The van der Waals surface area contributed by atoms with Crippen LogP contribution in [0.3, 0.4) is 0 Å². The number of anilines is 2. The van der Waals surface area contributed by atoms with Gasteiger partial charge in [-0.3, -0.25) is 14.3 Å². The highest BCUT2D eigenvalue weighted by atomic mass is 16.2. The minimum absolute atomic E-state index is 0.0931. The molecule has 4 aromatic rings. The van der Waals surface area contributed by atoms with Crippen LogP contribution in [0.4, 0.5) is 11.4 Å². The van der Waals surface area contributed by atoms with Gasteiger partial charge in [-0.05, 0) is 73.0 Å². The van der Waals surface area contributed by atoms with Gasteiger partial charge in [0.05, 0.1) is 18.8 Å². The van der Waals surface area contributed by atoms with E-state index in [1.807, 2.05) is 67.1 Å². The highest BCUT2D eigenvalue weighted by Crippen LogP contribution is 2.29. The third kappa shape index (κ3) is 3.91. The lowest BCUT2D eigenvalue weighted by atomic mass is 10.0. The van der Waals surface area contributed by atoms with Crippen LogP contribution in [0.25, 0.3) is 0 Å². The zero-order valence-electron chi connectivity index (χ0n) is 18.6. The van der Waals surface area contributed by atoms with E-state index in [9.17, 15) is 9.59 Å². The first-order chi connectivity index (χ1) is 16.0. The van der Waals surface area contributed by atoms with Gasteiger partial charge < -0.3 is 10.2 Å². The number of para-hydroxylation sites is 1. The van der Waals surface area contributed by atoms with Gasteiger partial charge in [0.1, 0.15) is 0 Å². The zero-order chi connectivity index (χ0) is 22.9. The lowest BCUT2D eigenvalue weighted by molar-refractivity contribution is 0.0983. The zero-order valence-corrected chi connectivity index (χ0v) is 18.6. The molecule has 0 unspecified atom stereocenters. The number of hydrogen-bond donors (Lipinski definition) is 1. The highest BCUT2D eigenvalue weighted by molar-refractivity contribution is 6.08. The van der Waals surface area contributed by atoms with Crippen LogP contribution >= 0.6 is 0 Å². The van der Waals surface area contributed by atoms with E-state index in [0.717, 1.165) is 28.1 Å². The normalized spacial score (nSPS) is 12.5. The first-order valence-corrected chi connectivity index (χ1v) is 10.9. The lowest BCUT2D eigenvalue weighted by Crippen LogP contribution is -2.30. The molecule has 1 aliphatic rings. The Labute approximate surface area is 192 Å². The number of nitrogens with one attached hydrogen (secondary N) is 1. The van der Waals surface area contributed by atoms with E-state index in [1.165, 1.54) is 0 Å². The second-order valence-corrected chi connectivity index (χ2v) is 8.28. The standard InChI is InChI=1S/C27H24N4O2/c1-18-6-5-8-24(19(18)2)26(32)29-22-12-10-20(11-13-22)27(33)30-17-23-14-15-28-31(23)16-21-7-3-4-9-25(21)30/h3-15H,16-17H2,1-2H3,(H,29,32). The minimum atomic E-state index is -0.162. The number of aryl methyl sites for hydroxylation is 1. The average molecular weight is 437 g/mol. The fourth-order valence-corrected chi connectivity index (χ4v) is 4.18. The Hall–Kier alpha value is -4.19. The van der Waals surface area contributed by atoms with E-state index in [-0.39, 0.29) is 11.8 Å². The Balaban J connectivity index is 1.39. The van der Waals surface area contributed by atoms with Crippen molar-refractivity contribution in [3.63, 3.8) is 0 Å². The number of fused-ring (bicyclic) bond motifs is 2. The Morgan fingerprint density at radius 1 is 0.879 bits per heavy atom. The molecule has 0 fully saturated rings. The summed E-state index contributed by atoms with van der Waals surface area (Å²) in [6.45, 7) is 5.00. The number of rotatable bonds is 3. The van der Waals surface area contributed by atoms with Crippen molar-refractivity contribution in [1.82, 2.24) is 9.78 Å². The van der Waals surface area contributed by atoms with Gasteiger partial charge in [0.15, 0.2) is 0 Å². The summed E-state index contributed by atoms with van der Waals surface area (Å²) in [4.78, 5) is 28.0. The third-order valence-electron chi connectivity index (χ3n) is 6.21. The summed E-state index contributed by atoms with van der Waals surface area (Å²) in [5.41, 5.74) is 6.80. The number of amides is 2. The molecule has 0 bridgehead atoms. The molecule has 1 N–H and O–H groups in total. The van der Waals surface area contributed by atoms with E-state index in [2.05, 4.69) is 10.4 Å². The fourth-order valence-electron chi connectivity index (χ4n) is 4.18. The molecule has 2 amide bonds. The summed E-state index contributed by atoms with van der Waals surface area (Å²) < 4.78 is 1.93. The fraction of sp³-hybridized carbons (Fsp3) is 0.148. The maximum atomic E-state index is 13.5. The van der Waals surface area contributed by atoms with Gasteiger partial charge in [0.25, 0.3) is 11.8 Å². The molecular weight excluding hydrogens is 412 g/mol. The number of aromatic nitrogens is 2. The predicted molar refractivity (Wildman–Crippen MR) is 129 cm³/mol. The average Bonchev–Trinajstić information content (AvgIpc) is 3.20. The van der Waals surface area contributed by atoms with E-state index >= 15 is 0 Å². The topological polar surface area (TPSA) is 67.2 Å². The molecule has 2 heterocycles. The third-order valence-corrected chi connectivity index (χ3v) is 6.21. The molecule has 6 heteroatoms. The van der Waals surface area contributed by atoms with E-state index < -0.39 is 0 Å². The Morgan fingerprint density at radius 2 is 1.67 bits per heavy atom. The Morgan fingerprint density at radius 3 is 2.48 bits per heavy atom. The van der Waals surface area contributed by atoms with Crippen LogP contribution in [0.5, 0.6) is 0 Å². The van der Waals surface area contributed by atoms with Gasteiger partial charge >= 0.3 is 0 Å². The van der Waals surface area contributed by atoms with Crippen molar-refractivity contribution in [3.8, 4) is 0 Å². The molecule has 33 heavy (non-hydrogen) atoms. The van der Waals surface area contributed by atoms with Crippen LogP contribution in [0, 0.1) is 13.8 Å². The van der Waals surface area contributed by atoms with Crippen LogP contribution in [-0.4, -0.2) is 21.6 Å². The summed E-state index contributed by atoms with van der Waals surface area (Å²) in [5, 5.41) is 7.33. The second kappa shape index (κ2) is 8.39. The molecule has 164 valence electrons. The van der Waals surface area contributed by atoms with Crippen molar-refractivity contribution >= 4 is 23.2 Å². The summed E-state index contributed by atoms with van der Waals surface area (Å²) in [7, 11) is 0. The number of benzene rings is 3. The minimum Gasteiger partial charge on any atom is -0.322 e. The molecule has 0 atom stereocenters. The van der Waals surface area contributed by atoms with Gasteiger partial charge in [-0.25, -0.2) is 0 Å². The monoisotopic (exact) mass is 436 g/mol. The predicted octanol–water partition coefficient (Wildman–Crippen LogP) is 4.96. The van der Waals surface area contributed by atoms with Gasteiger partial charge in [-0.15, -0.1) is 0 Å². The SMILES string of the molecule is Cc1cccc(C(=O)Nc2ccc(C(=O)N3Cc4ccnn4Cc4ccccc43)cc2)c1C. The summed E-state index contributed by atoms with van der Waals surface area (Å²) in [6.07, 6.45) is 1.76. The van der Waals surface area contributed by atoms with Crippen molar-refractivity contribution in [2.75, 3.05) is 10.2 Å². The molecule has 1 aromatic heterocycles. The van der Waals surface area contributed by atoms with E-state index in [1.54, 1.807) is 35.4 Å². The van der Waals surface area contributed by atoms with Gasteiger partial charge in [-0.1, -0.05) is 30.3 Å². The second-order valence-electron chi connectivity index (χ2n) is 8.28. The molecule has 6 nitrogen and oxygen atoms in total. The number of nitrogens with zero attached hydrogens (tertiary/aromatic N) is 3. The van der Waals surface area contributed by atoms with Gasteiger partial charge in [0.2, 0.25) is 0 Å². The van der Waals surface area contributed by atoms with Crippen molar-refractivity contribution in [2.45, 2.75) is 26.9 Å². The maximum Gasteiger partial charge on any atom is 0.258 e. The van der Waals surface area contributed by atoms with Gasteiger partial charge in [-0.2, -0.15) is 5.10 Å². The molecular formula is C27H24N4O2. The summed E-state index contributed by atoms with van der Waals surface area (Å²) >= 11 is 0. The van der Waals surface area contributed by atoms with E-state index in [0.29, 0.717) is 29.9 Å². The summed E-state index contributed by atoms with van der Waals surface area (Å²) in [5.74, 6) is -0.255. The van der Waals surface area contributed by atoms with Crippen LogP contribution in [0.2, 0.25) is 0 Å². The summed E-state index contributed by atoms with van der Waals surface area (Å²) in [6, 6.07) is 22.6. The van der Waals surface area contributed by atoms with Crippen LogP contribution in [-0.2, 0) is 13.1 Å². The van der Waals surface area contributed by atoms with Crippen LogP contribution in [0.15, 0.2) is 79.0 Å². The molecule has 5 rings (SSSR count). The first-order valence-electron chi connectivity index (χ1n) is 10.9. The first kappa shape index (κ1) is 20.7. The van der Waals surface area contributed by atoms with Crippen molar-refractivity contribution in [3.05, 3.63) is 113 Å². The van der Waals surface area contributed by atoms with Crippen molar-refractivity contribution in [1.29, 1.82) is 0 Å². The van der Waals surface area contributed by atoms with Crippen molar-refractivity contribution in [2.24, 2.45) is 0 Å². The molecule has 0 aliphatic carbocycles. The number of carbonyl (C=O) groups excluding carboxylic acids is 2. The molecule has 0 radical (unpaired) electrons. The quantitative estimate of drug-likeness (QED) is 0.494. The van der Waals surface area contributed by atoms with E-state index in [4.69, 9.17) is 0 Å². The van der Waals surface area contributed by atoms with Gasteiger partial charge in [0, 0.05) is 28.7 Å². The molecule has 3 aromatic carbocycles. The molecule has 0 saturated carbocycles. The van der Waals surface area contributed by atoms with Crippen LogP contribution in [0.1, 0.15) is 43.1 Å². The maximum absolute atomic E-state index is 13.5. The molecule has 0 saturated heterocycles. The molecule has 1 aliphatic heterocycles. The van der Waals surface area contributed by atoms with Crippen molar-refractivity contribution < 1.29 is 9.59 Å². The Kier molecular flexibility index (Phi) is 5.26. The smallest absolute Gasteiger partial charge is 0.258 e. The number of hydrogen-bond acceptors (Lipinski definition) is 3. The largest absolute Gasteiger partial charge is 0.322 e.